The highest BCUT2D eigenvalue weighted by atomic mass is 35.5. The van der Waals surface area contributed by atoms with Crippen LogP contribution in [0.25, 0.3) is 0 Å². The van der Waals surface area contributed by atoms with Crippen molar-refractivity contribution in [1.82, 2.24) is 4.90 Å². The monoisotopic (exact) mass is 409 g/mol. The molecule has 0 spiro atoms. The molecule has 28 heavy (non-hydrogen) atoms. The van der Waals surface area contributed by atoms with Crippen molar-refractivity contribution < 1.29 is 13.2 Å². The zero-order valence-corrected chi connectivity index (χ0v) is 17.2. The predicted octanol–water partition coefficient (Wildman–Crippen LogP) is 7.60. The summed E-state index contributed by atoms with van der Waals surface area (Å²) in [6, 6.07) is 13.7. The number of nitrogens with zero attached hydrogens (tertiary/aromatic N) is 1. The maximum atomic E-state index is 13.3. The minimum atomic E-state index is -4.33. The van der Waals surface area contributed by atoms with Gasteiger partial charge in [-0.2, -0.15) is 13.2 Å². The van der Waals surface area contributed by atoms with Gasteiger partial charge in [0.05, 0.1) is 5.56 Å². The van der Waals surface area contributed by atoms with Gasteiger partial charge in [0.15, 0.2) is 0 Å². The van der Waals surface area contributed by atoms with Crippen LogP contribution in [0.2, 0.25) is 5.02 Å². The summed E-state index contributed by atoms with van der Waals surface area (Å²) in [4.78, 5) is 2.44. The van der Waals surface area contributed by atoms with E-state index in [0.717, 1.165) is 50.3 Å². The van der Waals surface area contributed by atoms with E-state index in [0.29, 0.717) is 5.02 Å². The minimum absolute atomic E-state index is 0.0572. The largest absolute Gasteiger partial charge is 0.416 e. The van der Waals surface area contributed by atoms with Gasteiger partial charge in [-0.05, 0) is 74.0 Å². The van der Waals surface area contributed by atoms with Gasteiger partial charge < -0.3 is 0 Å². The summed E-state index contributed by atoms with van der Waals surface area (Å²) < 4.78 is 39.8. The summed E-state index contributed by atoms with van der Waals surface area (Å²) in [5, 5.41) is 0.697. The Labute approximate surface area is 170 Å². The lowest BCUT2D eigenvalue weighted by Gasteiger charge is -2.51. The van der Waals surface area contributed by atoms with E-state index in [9.17, 15) is 13.2 Å². The summed E-state index contributed by atoms with van der Waals surface area (Å²) in [6.07, 6.45) is 0.520. The van der Waals surface area contributed by atoms with Crippen molar-refractivity contribution in [3.8, 4) is 0 Å². The van der Waals surface area contributed by atoms with Crippen LogP contribution in [-0.4, -0.2) is 11.4 Å². The molecule has 1 heterocycles. The Morgan fingerprint density at radius 3 is 2.39 bits per heavy atom. The number of rotatable bonds is 5. The lowest BCUT2D eigenvalue weighted by molar-refractivity contribution is -0.137. The Balaban J connectivity index is 2.05. The molecule has 1 saturated heterocycles. The smallest absolute Gasteiger partial charge is 0.287 e. The Morgan fingerprint density at radius 2 is 1.79 bits per heavy atom. The van der Waals surface area contributed by atoms with Crippen LogP contribution in [0.3, 0.4) is 0 Å². The van der Waals surface area contributed by atoms with Crippen molar-refractivity contribution in [2.24, 2.45) is 0 Å². The van der Waals surface area contributed by atoms with E-state index in [4.69, 9.17) is 11.6 Å². The highest BCUT2D eigenvalue weighted by molar-refractivity contribution is 6.30. The van der Waals surface area contributed by atoms with Crippen LogP contribution in [0.1, 0.15) is 68.7 Å². The molecule has 2 aromatic rings. The Hall–Kier alpha value is -1.52. The van der Waals surface area contributed by atoms with Gasteiger partial charge in [0, 0.05) is 16.6 Å². The molecule has 5 heteroatoms. The first kappa shape index (κ1) is 21.2. The van der Waals surface area contributed by atoms with E-state index in [-0.39, 0.29) is 11.6 Å². The maximum Gasteiger partial charge on any atom is 0.416 e. The number of alkyl halides is 3. The minimum Gasteiger partial charge on any atom is -0.287 e. The molecule has 2 atom stereocenters. The Bertz CT molecular complexity index is 787. The molecule has 0 aromatic heterocycles. The van der Waals surface area contributed by atoms with Crippen LogP contribution in [0, 0.1) is 0 Å². The predicted molar refractivity (Wildman–Crippen MR) is 108 cm³/mol. The van der Waals surface area contributed by atoms with Crippen LogP contribution in [0.15, 0.2) is 48.5 Å². The van der Waals surface area contributed by atoms with E-state index < -0.39 is 11.7 Å². The summed E-state index contributed by atoms with van der Waals surface area (Å²) in [6.45, 7) is 5.11. The molecule has 3 rings (SSSR count). The topological polar surface area (TPSA) is 3.24 Å². The van der Waals surface area contributed by atoms with Crippen LogP contribution < -0.4 is 0 Å². The molecule has 2 unspecified atom stereocenters. The molecular weight excluding hydrogens is 383 g/mol. The van der Waals surface area contributed by atoms with Gasteiger partial charge in [0.1, 0.15) is 0 Å². The van der Waals surface area contributed by atoms with Crippen LogP contribution in [0.4, 0.5) is 13.2 Å². The zero-order valence-electron chi connectivity index (χ0n) is 16.4. The molecule has 0 bridgehead atoms. The normalized spacial score (nSPS) is 22.2. The second-order valence-corrected chi connectivity index (χ2v) is 8.03. The molecule has 0 N–H and O–H groups in total. The van der Waals surface area contributed by atoms with Crippen molar-refractivity contribution in [1.29, 1.82) is 0 Å². The number of piperidine rings is 1. The average Bonchev–Trinajstić information content (AvgIpc) is 2.69. The maximum absolute atomic E-state index is 13.3. The van der Waals surface area contributed by atoms with Gasteiger partial charge >= 0.3 is 6.18 Å². The third kappa shape index (κ3) is 4.08. The SMILES string of the molecule is CCC(c1cccc(C(F)(F)F)c1)N1CCCCC1(CC)c1ccc(Cl)cc1. The molecule has 0 radical (unpaired) electrons. The first-order chi connectivity index (χ1) is 13.3. The third-order valence-electron chi connectivity index (χ3n) is 6.12. The first-order valence-electron chi connectivity index (χ1n) is 10.0. The molecular formula is C23H27ClF3N. The van der Waals surface area contributed by atoms with E-state index in [1.807, 2.05) is 18.2 Å². The zero-order chi connectivity index (χ0) is 20.4. The second-order valence-electron chi connectivity index (χ2n) is 7.59. The van der Waals surface area contributed by atoms with Gasteiger partial charge in [-0.15, -0.1) is 0 Å². The molecule has 0 amide bonds. The van der Waals surface area contributed by atoms with Crippen LogP contribution in [-0.2, 0) is 11.7 Å². The number of benzene rings is 2. The Kier molecular flexibility index (Phi) is 6.41. The number of hydrogen-bond donors (Lipinski definition) is 0. The van der Waals surface area contributed by atoms with Crippen molar-refractivity contribution in [3.63, 3.8) is 0 Å². The summed E-state index contributed by atoms with van der Waals surface area (Å²) in [7, 11) is 0. The molecule has 1 nitrogen and oxygen atoms in total. The lowest BCUT2D eigenvalue weighted by Crippen LogP contribution is -2.50. The van der Waals surface area contributed by atoms with Crippen molar-refractivity contribution in [3.05, 3.63) is 70.2 Å². The second kappa shape index (κ2) is 8.46. The molecule has 1 fully saturated rings. The quantitative estimate of drug-likeness (QED) is 0.491. The van der Waals surface area contributed by atoms with E-state index >= 15 is 0 Å². The van der Waals surface area contributed by atoms with Crippen molar-refractivity contribution >= 4 is 11.6 Å². The summed E-state index contributed by atoms with van der Waals surface area (Å²) in [5.41, 5.74) is 1.18. The molecule has 2 aromatic carbocycles. The third-order valence-corrected chi connectivity index (χ3v) is 6.37. The van der Waals surface area contributed by atoms with Crippen LogP contribution >= 0.6 is 11.6 Å². The number of likely N-dealkylation sites (tertiary alicyclic amines) is 1. The van der Waals surface area contributed by atoms with E-state index in [1.54, 1.807) is 0 Å². The average molecular weight is 410 g/mol. The molecule has 0 aliphatic carbocycles. The highest BCUT2D eigenvalue weighted by Crippen LogP contribution is 2.46. The van der Waals surface area contributed by atoms with Gasteiger partial charge in [-0.3, -0.25) is 4.90 Å². The van der Waals surface area contributed by atoms with Crippen molar-refractivity contribution in [2.45, 2.75) is 63.7 Å². The van der Waals surface area contributed by atoms with Crippen molar-refractivity contribution in [2.75, 3.05) is 6.54 Å². The summed E-state index contributed by atoms with van der Waals surface area (Å²) >= 11 is 6.10. The Morgan fingerprint density at radius 1 is 1.07 bits per heavy atom. The van der Waals surface area contributed by atoms with Gasteiger partial charge in [0.2, 0.25) is 0 Å². The van der Waals surface area contributed by atoms with Gasteiger partial charge in [-0.1, -0.05) is 49.7 Å². The molecule has 152 valence electrons. The fraction of sp³-hybridized carbons (Fsp3) is 0.478. The van der Waals surface area contributed by atoms with Gasteiger partial charge in [0.25, 0.3) is 0 Å². The highest BCUT2D eigenvalue weighted by Gasteiger charge is 2.42. The fourth-order valence-corrected chi connectivity index (χ4v) is 4.85. The standard InChI is InChI=1S/C23H27ClF3N/c1-3-21(17-8-7-9-19(16-17)23(25,26)27)28-15-6-5-14-22(28,4-2)18-10-12-20(24)13-11-18/h7-13,16,21H,3-6,14-15H2,1-2H3. The van der Waals surface area contributed by atoms with Gasteiger partial charge in [-0.25, -0.2) is 0 Å². The number of hydrogen-bond acceptors (Lipinski definition) is 1. The molecule has 1 aliphatic heterocycles. The van der Waals surface area contributed by atoms with Crippen LogP contribution in [0.5, 0.6) is 0 Å². The molecule has 1 aliphatic rings. The lowest BCUT2D eigenvalue weighted by atomic mass is 9.76. The molecule has 0 saturated carbocycles. The van der Waals surface area contributed by atoms with E-state index in [1.165, 1.54) is 17.7 Å². The number of halogens is 4. The summed E-state index contributed by atoms with van der Waals surface area (Å²) in [5.74, 6) is 0. The van der Waals surface area contributed by atoms with E-state index in [2.05, 4.69) is 30.9 Å². The fourth-order valence-electron chi connectivity index (χ4n) is 4.72. The first-order valence-corrected chi connectivity index (χ1v) is 10.4.